The molecular weight excluding hydrogens is 503 g/mol. The molecule has 6 nitrogen and oxygen atoms in total. The zero-order valence-electron chi connectivity index (χ0n) is 21.1. The second kappa shape index (κ2) is 10.0. The summed E-state index contributed by atoms with van der Waals surface area (Å²) in [6, 6.07) is 13.8. The highest BCUT2D eigenvalue weighted by Crippen LogP contribution is 2.42. The van der Waals surface area contributed by atoms with Crippen LogP contribution in [0.5, 0.6) is 0 Å². The topological polar surface area (TPSA) is 65.5 Å². The highest BCUT2D eigenvalue weighted by molar-refractivity contribution is 6.33. The van der Waals surface area contributed by atoms with Crippen molar-refractivity contribution in [2.24, 2.45) is 5.41 Å². The molecule has 1 spiro atoms. The summed E-state index contributed by atoms with van der Waals surface area (Å²) in [7, 11) is 0. The summed E-state index contributed by atoms with van der Waals surface area (Å²) < 4.78 is 15.1. The van der Waals surface area contributed by atoms with E-state index in [9.17, 15) is 9.59 Å². The lowest BCUT2D eigenvalue weighted by Gasteiger charge is -2.39. The number of nitrogens with zero attached hydrogens (tertiary/aromatic N) is 3. The molecule has 8 heteroatoms. The maximum absolute atomic E-state index is 15.1. The van der Waals surface area contributed by atoms with E-state index >= 15 is 4.39 Å². The zero-order valence-corrected chi connectivity index (χ0v) is 21.9. The monoisotopic (exact) mass is 532 g/mol. The number of halogens is 2. The number of amides is 2. The minimum Gasteiger partial charge on any atom is -0.371 e. The van der Waals surface area contributed by atoms with E-state index in [0.717, 1.165) is 43.5 Å². The van der Waals surface area contributed by atoms with Gasteiger partial charge in [-0.1, -0.05) is 23.7 Å². The van der Waals surface area contributed by atoms with Gasteiger partial charge in [-0.15, -0.1) is 0 Å². The number of fused-ring (bicyclic) bond motifs is 1. The predicted molar refractivity (Wildman–Crippen MR) is 145 cm³/mol. The Hall–Kier alpha value is -3.45. The van der Waals surface area contributed by atoms with E-state index in [1.807, 2.05) is 24.5 Å². The van der Waals surface area contributed by atoms with Gasteiger partial charge in [0.25, 0.3) is 11.8 Å². The van der Waals surface area contributed by atoms with Crippen LogP contribution in [0.3, 0.4) is 0 Å². The Kier molecular flexibility index (Phi) is 6.56. The Morgan fingerprint density at radius 1 is 1.00 bits per heavy atom. The number of aromatic nitrogens is 1. The van der Waals surface area contributed by atoms with Crippen molar-refractivity contribution in [3.8, 4) is 0 Å². The van der Waals surface area contributed by atoms with Gasteiger partial charge in [-0.05, 0) is 85.0 Å². The van der Waals surface area contributed by atoms with Gasteiger partial charge >= 0.3 is 0 Å². The molecule has 1 atom stereocenters. The van der Waals surface area contributed by atoms with Crippen molar-refractivity contribution >= 4 is 29.1 Å². The lowest BCUT2D eigenvalue weighted by molar-refractivity contribution is 0.0605. The molecule has 1 N–H and O–H groups in total. The van der Waals surface area contributed by atoms with Crippen LogP contribution in [0, 0.1) is 11.2 Å². The van der Waals surface area contributed by atoms with Gasteiger partial charge in [0, 0.05) is 44.3 Å². The molecule has 6 rings (SSSR count). The molecule has 0 bridgehead atoms. The highest BCUT2D eigenvalue weighted by atomic mass is 35.5. The van der Waals surface area contributed by atoms with Crippen LogP contribution in [-0.2, 0) is 6.42 Å². The van der Waals surface area contributed by atoms with Crippen LogP contribution in [0.1, 0.15) is 63.6 Å². The minimum absolute atomic E-state index is 0.0865. The van der Waals surface area contributed by atoms with E-state index in [2.05, 4.69) is 15.2 Å². The van der Waals surface area contributed by atoms with Gasteiger partial charge < -0.3 is 15.1 Å². The van der Waals surface area contributed by atoms with E-state index in [0.29, 0.717) is 36.5 Å². The number of aryl methyl sites for hydroxylation is 1. The third kappa shape index (κ3) is 4.64. The highest BCUT2D eigenvalue weighted by Gasteiger charge is 2.42. The standard InChI is InChI=1S/C30H30ClFN4O2/c31-25-4-2-1-3-22(25)28(37)34-27-6-5-20-17-26(32)24(18-23(20)27)29(38)35-14-9-30(10-15-35)11-16-36(19-30)21-7-12-33-13-8-21/h1-4,7-8,12-13,17-18,27H,5-6,9-11,14-16,19H2,(H,34,37)/t27-/m1/s1. The van der Waals surface area contributed by atoms with Gasteiger partial charge in [0.05, 0.1) is 22.2 Å². The van der Waals surface area contributed by atoms with Crippen molar-refractivity contribution in [1.82, 2.24) is 15.2 Å². The molecule has 0 saturated carbocycles. The fourth-order valence-corrected chi connectivity index (χ4v) is 6.52. The maximum Gasteiger partial charge on any atom is 0.256 e. The van der Waals surface area contributed by atoms with Crippen molar-refractivity contribution in [3.05, 3.63) is 94.0 Å². The number of pyridine rings is 1. The SMILES string of the molecule is O=C(N[C@@H]1CCc2cc(F)c(C(=O)N3CCC4(CC3)CCN(c3ccncc3)C4)cc21)c1ccccc1Cl. The summed E-state index contributed by atoms with van der Waals surface area (Å²) in [4.78, 5) is 34.6. The number of rotatable bonds is 4. The first-order valence-corrected chi connectivity index (χ1v) is 13.6. The van der Waals surface area contributed by atoms with Gasteiger partial charge in [0.1, 0.15) is 5.82 Å². The van der Waals surface area contributed by atoms with Crippen LogP contribution in [0.4, 0.5) is 10.1 Å². The lowest BCUT2D eigenvalue weighted by Crippen LogP contribution is -2.44. The number of hydrogen-bond donors (Lipinski definition) is 1. The van der Waals surface area contributed by atoms with Crippen molar-refractivity contribution < 1.29 is 14.0 Å². The van der Waals surface area contributed by atoms with Crippen LogP contribution in [-0.4, -0.2) is 47.9 Å². The summed E-state index contributed by atoms with van der Waals surface area (Å²) in [6.07, 6.45) is 7.85. The van der Waals surface area contributed by atoms with E-state index in [1.165, 1.54) is 11.8 Å². The number of benzene rings is 2. The molecule has 3 aromatic rings. The minimum atomic E-state index is -0.489. The molecule has 38 heavy (non-hydrogen) atoms. The number of piperidine rings is 1. The second-order valence-corrected chi connectivity index (χ2v) is 11.2. The van der Waals surface area contributed by atoms with Crippen molar-refractivity contribution in [3.63, 3.8) is 0 Å². The molecule has 2 fully saturated rings. The lowest BCUT2D eigenvalue weighted by atomic mass is 9.77. The Morgan fingerprint density at radius 3 is 2.50 bits per heavy atom. The fraction of sp³-hybridized carbons (Fsp3) is 0.367. The molecule has 196 valence electrons. The number of anilines is 1. The third-order valence-electron chi connectivity index (χ3n) is 8.54. The van der Waals surface area contributed by atoms with Crippen molar-refractivity contribution in [1.29, 1.82) is 0 Å². The van der Waals surface area contributed by atoms with Crippen LogP contribution in [0.2, 0.25) is 5.02 Å². The number of carbonyl (C=O) groups excluding carboxylic acids is 2. The van der Waals surface area contributed by atoms with Crippen LogP contribution in [0.15, 0.2) is 60.9 Å². The number of hydrogen-bond acceptors (Lipinski definition) is 4. The molecule has 1 aromatic heterocycles. The smallest absolute Gasteiger partial charge is 0.256 e. The van der Waals surface area contributed by atoms with Crippen molar-refractivity contribution in [2.45, 2.75) is 38.1 Å². The molecule has 2 aromatic carbocycles. The van der Waals surface area contributed by atoms with Gasteiger partial charge in [0.2, 0.25) is 0 Å². The largest absolute Gasteiger partial charge is 0.371 e. The zero-order chi connectivity index (χ0) is 26.3. The third-order valence-corrected chi connectivity index (χ3v) is 8.87. The van der Waals surface area contributed by atoms with Gasteiger partial charge in [0.15, 0.2) is 0 Å². The molecule has 1 aliphatic carbocycles. The van der Waals surface area contributed by atoms with Crippen LogP contribution < -0.4 is 10.2 Å². The summed E-state index contributed by atoms with van der Waals surface area (Å²) >= 11 is 6.20. The fourth-order valence-electron chi connectivity index (χ4n) is 6.30. The molecule has 3 aliphatic rings. The Bertz CT molecular complexity index is 1370. The van der Waals surface area contributed by atoms with Crippen molar-refractivity contribution in [2.75, 3.05) is 31.1 Å². The first kappa shape index (κ1) is 24.9. The number of likely N-dealkylation sites (tertiary alicyclic amines) is 1. The summed E-state index contributed by atoms with van der Waals surface area (Å²) in [6.45, 7) is 3.20. The Morgan fingerprint density at radius 2 is 1.74 bits per heavy atom. The predicted octanol–water partition coefficient (Wildman–Crippen LogP) is 5.42. The second-order valence-electron chi connectivity index (χ2n) is 10.7. The van der Waals surface area contributed by atoms with E-state index in [-0.39, 0.29) is 28.8 Å². The van der Waals surface area contributed by atoms with Gasteiger partial charge in [-0.25, -0.2) is 4.39 Å². The average Bonchev–Trinajstić information content (AvgIpc) is 3.53. The molecule has 2 aliphatic heterocycles. The normalized spacial score (nSPS) is 20.0. The maximum atomic E-state index is 15.1. The summed E-state index contributed by atoms with van der Waals surface area (Å²) in [5.41, 5.74) is 3.51. The average molecular weight is 533 g/mol. The van der Waals surface area contributed by atoms with Gasteiger partial charge in [-0.3, -0.25) is 14.6 Å². The van der Waals surface area contributed by atoms with E-state index < -0.39 is 5.82 Å². The Balaban J connectivity index is 1.14. The first-order chi connectivity index (χ1) is 18.4. The number of nitrogens with one attached hydrogen (secondary N) is 1. The number of carbonyl (C=O) groups is 2. The molecule has 2 saturated heterocycles. The molecule has 0 radical (unpaired) electrons. The molecule has 0 unspecified atom stereocenters. The summed E-state index contributed by atoms with van der Waals surface area (Å²) in [5.74, 6) is -1.03. The Labute approximate surface area is 226 Å². The van der Waals surface area contributed by atoms with E-state index in [4.69, 9.17) is 11.6 Å². The van der Waals surface area contributed by atoms with E-state index in [1.54, 1.807) is 35.2 Å². The molecular formula is C30H30ClFN4O2. The van der Waals surface area contributed by atoms with Crippen LogP contribution >= 0.6 is 11.6 Å². The summed E-state index contributed by atoms with van der Waals surface area (Å²) in [5, 5.41) is 3.41. The molecule has 3 heterocycles. The van der Waals surface area contributed by atoms with Crippen LogP contribution in [0.25, 0.3) is 0 Å². The first-order valence-electron chi connectivity index (χ1n) is 13.2. The van der Waals surface area contributed by atoms with Gasteiger partial charge in [-0.2, -0.15) is 0 Å². The quantitative estimate of drug-likeness (QED) is 0.487. The molecule has 2 amide bonds.